The minimum Gasteiger partial charge on any atom is -0.496 e. The molecule has 1 aromatic carbocycles. The molecule has 0 saturated carbocycles. The summed E-state index contributed by atoms with van der Waals surface area (Å²) in [6.45, 7) is 0. The number of fused-ring (bicyclic) bond motifs is 2. The van der Waals surface area contributed by atoms with Gasteiger partial charge in [0.25, 0.3) is 0 Å². The molecule has 4 rings (SSSR count). The van der Waals surface area contributed by atoms with E-state index in [4.69, 9.17) is 4.74 Å². The predicted molar refractivity (Wildman–Crippen MR) is 93.6 cm³/mol. The van der Waals surface area contributed by atoms with Crippen LogP contribution in [0.1, 0.15) is 35.8 Å². The number of aromatic nitrogens is 3. The molecule has 0 saturated heterocycles. The van der Waals surface area contributed by atoms with Gasteiger partial charge in [0.15, 0.2) is 5.16 Å². The molecule has 0 bridgehead atoms. The number of methoxy groups -OCH3 is 1. The van der Waals surface area contributed by atoms with Crippen LogP contribution in [0.5, 0.6) is 5.75 Å². The number of ether oxygens (including phenoxy) is 1. The van der Waals surface area contributed by atoms with Crippen molar-refractivity contribution in [1.29, 1.82) is 0 Å². The number of imidazole rings is 1. The molecule has 5 nitrogen and oxygen atoms in total. The van der Waals surface area contributed by atoms with Gasteiger partial charge in [0.2, 0.25) is 0 Å². The normalized spacial score (nSPS) is 18.8. The summed E-state index contributed by atoms with van der Waals surface area (Å²) in [5.74, 6) is 0.841. The van der Waals surface area contributed by atoms with Crippen molar-refractivity contribution in [2.24, 2.45) is 0 Å². The first-order valence-electron chi connectivity index (χ1n) is 8.15. The first-order valence-corrected chi connectivity index (χ1v) is 9.36. The first-order chi connectivity index (χ1) is 11.8. The van der Waals surface area contributed by atoms with E-state index in [1.54, 1.807) is 13.3 Å². The molecule has 2 aromatic heterocycles. The number of nitrogens with one attached hydrogen (secondary N) is 1. The van der Waals surface area contributed by atoms with Crippen LogP contribution in [0.3, 0.4) is 0 Å². The Bertz CT molecular complexity index is 873. The van der Waals surface area contributed by atoms with Gasteiger partial charge in [0, 0.05) is 11.8 Å². The van der Waals surface area contributed by atoms with E-state index in [1.807, 2.05) is 30.3 Å². The van der Waals surface area contributed by atoms with Crippen molar-refractivity contribution in [1.82, 2.24) is 15.0 Å². The lowest BCUT2D eigenvalue weighted by Gasteiger charge is -2.16. The molecule has 0 aliphatic heterocycles. The summed E-state index contributed by atoms with van der Waals surface area (Å²) in [5.41, 5.74) is 3.74. The highest BCUT2D eigenvalue weighted by Gasteiger charge is 2.29. The van der Waals surface area contributed by atoms with Gasteiger partial charge in [-0.05, 0) is 37.5 Å². The van der Waals surface area contributed by atoms with Crippen LogP contribution in [0.15, 0.2) is 41.7 Å². The monoisotopic (exact) mass is 341 g/mol. The van der Waals surface area contributed by atoms with E-state index in [2.05, 4.69) is 15.0 Å². The Morgan fingerprint density at radius 3 is 2.96 bits per heavy atom. The Labute approximate surface area is 142 Å². The maximum Gasteiger partial charge on any atom is 0.198 e. The van der Waals surface area contributed by atoms with E-state index >= 15 is 0 Å². The van der Waals surface area contributed by atoms with Gasteiger partial charge in [-0.2, -0.15) is 0 Å². The van der Waals surface area contributed by atoms with E-state index in [1.165, 1.54) is 0 Å². The second-order valence-electron chi connectivity index (χ2n) is 5.97. The topological polar surface area (TPSA) is 67.9 Å². The van der Waals surface area contributed by atoms with Crippen LogP contribution in [0, 0.1) is 0 Å². The third kappa shape index (κ3) is 2.60. The molecule has 6 heteroatoms. The Balaban J connectivity index is 1.77. The van der Waals surface area contributed by atoms with Gasteiger partial charge in [-0.25, -0.2) is 4.98 Å². The van der Waals surface area contributed by atoms with Crippen LogP contribution in [0.2, 0.25) is 0 Å². The average molecular weight is 341 g/mol. The van der Waals surface area contributed by atoms with Crippen LogP contribution < -0.4 is 4.74 Å². The molecular weight excluding hydrogens is 322 g/mol. The Kier molecular flexibility index (Phi) is 4.06. The van der Waals surface area contributed by atoms with Crippen molar-refractivity contribution >= 4 is 21.8 Å². The zero-order valence-electron chi connectivity index (χ0n) is 13.5. The fourth-order valence-corrected chi connectivity index (χ4v) is 4.80. The molecule has 1 unspecified atom stereocenters. The van der Waals surface area contributed by atoms with Gasteiger partial charge in [-0.1, -0.05) is 18.6 Å². The van der Waals surface area contributed by atoms with Crippen LogP contribution in [-0.2, 0) is 17.2 Å². The van der Waals surface area contributed by atoms with E-state index in [0.717, 1.165) is 53.7 Å². The quantitative estimate of drug-likeness (QED) is 0.740. The number of rotatable bonds is 3. The fraction of sp³-hybridized carbons (Fsp3) is 0.333. The molecule has 0 spiro atoms. The maximum absolute atomic E-state index is 13.2. The van der Waals surface area contributed by atoms with Crippen molar-refractivity contribution in [3.63, 3.8) is 0 Å². The lowest BCUT2D eigenvalue weighted by atomic mass is 10.1. The van der Waals surface area contributed by atoms with Crippen molar-refractivity contribution in [3.05, 3.63) is 47.8 Å². The lowest BCUT2D eigenvalue weighted by molar-refractivity contribution is 0.408. The molecule has 24 heavy (non-hydrogen) atoms. The third-order valence-corrected chi connectivity index (χ3v) is 6.08. The van der Waals surface area contributed by atoms with Gasteiger partial charge in [0.1, 0.15) is 5.75 Å². The van der Waals surface area contributed by atoms with Gasteiger partial charge < -0.3 is 9.72 Å². The van der Waals surface area contributed by atoms with Crippen LogP contribution in [-0.4, -0.2) is 26.3 Å². The number of H-pyrrole nitrogens is 1. The van der Waals surface area contributed by atoms with E-state index < -0.39 is 10.8 Å². The lowest BCUT2D eigenvalue weighted by Crippen LogP contribution is -2.11. The smallest absolute Gasteiger partial charge is 0.198 e. The van der Waals surface area contributed by atoms with E-state index in [-0.39, 0.29) is 5.25 Å². The van der Waals surface area contributed by atoms with Gasteiger partial charge in [-0.3, -0.25) is 9.19 Å². The largest absolute Gasteiger partial charge is 0.496 e. The first kappa shape index (κ1) is 15.3. The van der Waals surface area contributed by atoms with Gasteiger partial charge in [-0.15, -0.1) is 0 Å². The Hall–Kier alpha value is -2.21. The maximum atomic E-state index is 13.2. The number of pyridine rings is 1. The summed E-state index contributed by atoms with van der Waals surface area (Å²) in [4.78, 5) is 12.3. The van der Waals surface area contributed by atoms with Gasteiger partial charge >= 0.3 is 0 Å². The number of nitrogens with zero attached hydrogens (tertiary/aromatic N) is 2. The highest BCUT2D eigenvalue weighted by molar-refractivity contribution is 7.85. The molecule has 1 aliphatic carbocycles. The standard InChI is InChI=1S/C18H19N3O2S/c1-23-15-10-11-19-17-12(15)6-2-5-9-16(17)24(22)18-20-13-7-3-4-8-14(13)21-18/h3-4,7-8,10-11,16H,2,5-6,9H2,1H3,(H,20,21)/t16-,24?/m1/s1. The average Bonchev–Trinajstić information content (AvgIpc) is 2.93. The Morgan fingerprint density at radius 1 is 1.25 bits per heavy atom. The van der Waals surface area contributed by atoms with Crippen LogP contribution in [0.25, 0.3) is 11.0 Å². The predicted octanol–water partition coefficient (Wildman–Crippen LogP) is 3.54. The number of benzene rings is 1. The molecule has 0 amide bonds. The fourth-order valence-electron chi connectivity index (χ4n) is 3.35. The second kappa shape index (κ2) is 6.36. The number of aromatic amines is 1. The SMILES string of the molecule is COc1ccnc2c1CCCC[C@H]2S(=O)c1nc2ccccc2[nH]1. The number of para-hydroxylation sites is 2. The summed E-state index contributed by atoms with van der Waals surface area (Å²) in [7, 11) is 0.402. The molecule has 2 heterocycles. The van der Waals surface area contributed by atoms with E-state index in [9.17, 15) is 4.21 Å². The third-order valence-electron chi connectivity index (χ3n) is 4.53. The van der Waals surface area contributed by atoms with Crippen LogP contribution in [0.4, 0.5) is 0 Å². The van der Waals surface area contributed by atoms with Crippen molar-refractivity contribution in [3.8, 4) is 5.75 Å². The molecule has 2 atom stereocenters. The minimum atomic E-state index is -1.27. The minimum absolute atomic E-state index is 0.154. The van der Waals surface area contributed by atoms with Crippen LogP contribution >= 0.6 is 0 Å². The highest BCUT2D eigenvalue weighted by atomic mass is 32.2. The molecular formula is C18H19N3O2S. The zero-order chi connectivity index (χ0) is 16.5. The summed E-state index contributed by atoms with van der Waals surface area (Å²) in [6.07, 6.45) is 5.59. The number of hydrogen-bond donors (Lipinski definition) is 1. The molecule has 1 aliphatic rings. The summed E-state index contributed by atoms with van der Waals surface area (Å²) < 4.78 is 18.7. The van der Waals surface area contributed by atoms with Crippen molar-refractivity contribution in [2.75, 3.05) is 7.11 Å². The zero-order valence-corrected chi connectivity index (χ0v) is 14.3. The summed E-state index contributed by atoms with van der Waals surface area (Å²) >= 11 is 0. The molecule has 1 N–H and O–H groups in total. The number of hydrogen-bond acceptors (Lipinski definition) is 4. The van der Waals surface area contributed by atoms with E-state index in [0.29, 0.717) is 5.16 Å². The molecule has 0 radical (unpaired) electrons. The summed E-state index contributed by atoms with van der Waals surface area (Å²) in [5, 5.41) is 0.372. The molecule has 3 aromatic rings. The molecule has 124 valence electrons. The molecule has 0 fully saturated rings. The summed E-state index contributed by atoms with van der Waals surface area (Å²) in [6, 6.07) is 9.63. The van der Waals surface area contributed by atoms with Crippen molar-refractivity contribution < 1.29 is 8.95 Å². The highest BCUT2D eigenvalue weighted by Crippen LogP contribution is 2.37. The van der Waals surface area contributed by atoms with Gasteiger partial charge in [0.05, 0.1) is 39.9 Å². The second-order valence-corrected chi connectivity index (χ2v) is 7.52. The Morgan fingerprint density at radius 2 is 2.12 bits per heavy atom. The van der Waals surface area contributed by atoms with Crippen molar-refractivity contribution in [2.45, 2.75) is 36.1 Å².